The number of rotatable bonds is 3. The molecular formula is C16H23ClN2O. The van der Waals surface area contributed by atoms with E-state index in [2.05, 4.69) is 24.3 Å². The van der Waals surface area contributed by atoms with Gasteiger partial charge in [-0.25, -0.2) is 0 Å². The molecule has 2 aliphatic rings. The highest BCUT2D eigenvalue weighted by Gasteiger charge is 2.23. The van der Waals surface area contributed by atoms with E-state index in [0.717, 1.165) is 37.4 Å². The van der Waals surface area contributed by atoms with Gasteiger partial charge in [0.05, 0.1) is 6.42 Å². The number of carbonyl (C=O) groups excluding carboxylic acids is 1. The second-order valence-electron chi connectivity index (χ2n) is 5.91. The van der Waals surface area contributed by atoms with Gasteiger partial charge in [0.15, 0.2) is 0 Å². The molecule has 0 radical (unpaired) electrons. The molecular weight excluding hydrogens is 272 g/mol. The van der Waals surface area contributed by atoms with Crippen LogP contribution in [0.5, 0.6) is 0 Å². The second-order valence-corrected chi connectivity index (χ2v) is 5.91. The van der Waals surface area contributed by atoms with Crippen molar-refractivity contribution in [3.05, 3.63) is 35.4 Å². The smallest absolute Gasteiger partial charge is 0.226 e. The van der Waals surface area contributed by atoms with Crippen molar-refractivity contribution in [2.24, 2.45) is 5.73 Å². The van der Waals surface area contributed by atoms with Crippen molar-refractivity contribution in [3.63, 3.8) is 0 Å². The van der Waals surface area contributed by atoms with Crippen molar-refractivity contribution in [1.29, 1.82) is 0 Å². The highest BCUT2D eigenvalue weighted by Crippen LogP contribution is 2.39. The number of nitrogens with two attached hydrogens (primary N) is 1. The van der Waals surface area contributed by atoms with Crippen LogP contribution < -0.4 is 5.73 Å². The minimum absolute atomic E-state index is 0. The fourth-order valence-electron chi connectivity index (χ4n) is 2.76. The SMILES string of the molecule is Cl.NC1CCN(C(=O)Cc2ccc(C3CC3)cc2)CC1. The molecule has 1 aromatic carbocycles. The van der Waals surface area contributed by atoms with Gasteiger partial charge >= 0.3 is 0 Å². The van der Waals surface area contributed by atoms with Crippen LogP contribution in [0.15, 0.2) is 24.3 Å². The maximum atomic E-state index is 12.2. The first kappa shape index (κ1) is 15.3. The van der Waals surface area contributed by atoms with E-state index in [1.807, 2.05) is 4.90 Å². The Labute approximate surface area is 126 Å². The minimum Gasteiger partial charge on any atom is -0.342 e. The summed E-state index contributed by atoms with van der Waals surface area (Å²) in [6.07, 6.45) is 5.05. The van der Waals surface area contributed by atoms with Crippen molar-refractivity contribution in [2.75, 3.05) is 13.1 Å². The van der Waals surface area contributed by atoms with Gasteiger partial charge in [0, 0.05) is 19.1 Å². The highest BCUT2D eigenvalue weighted by atomic mass is 35.5. The van der Waals surface area contributed by atoms with Gasteiger partial charge in [0.2, 0.25) is 5.91 Å². The molecule has 1 amide bonds. The van der Waals surface area contributed by atoms with Gasteiger partial charge in [-0.1, -0.05) is 24.3 Å². The van der Waals surface area contributed by atoms with E-state index < -0.39 is 0 Å². The number of hydrogen-bond acceptors (Lipinski definition) is 2. The fraction of sp³-hybridized carbons (Fsp3) is 0.562. The molecule has 0 bridgehead atoms. The molecule has 1 heterocycles. The largest absolute Gasteiger partial charge is 0.342 e. The number of nitrogens with zero attached hydrogens (tertiary/aromatic N) is 1. The molecule has 0 spiro atoms. The van der Waals surface area contributed by atoms with Crippen LogP contribution in [-0.2, 0) is 11.2 Å². The predicted octanol–water partition coefficient (Wildman–Crippen LogP) is 2.48. The van der Waals surface area contributed by atoms with Gasteiger partial charge < -0.3 is 10.6 Å². The molecule has 1 aliphatic heterocycles. The third-order valence-corrected chi connectivity index (χ3v) is 4.28. The Balaban J connectivity index is 0.00000147. The quantitative estimate of drug-likeness (QED) is 0.931. The van der Waals surface area contributed by atoms with E-state index in [0.29, 0.717) is 6.42 Å². The van der Waals surface area contributed by atoms with E-state index >= 15 is 0 Å². The number of hydrogen-bond donors (Lipinski definition) is 1. The third kappa shape index (κ3) is 3.74. The first-order chi connectivity index (χ1) is 9.22. The Morgan fingerprint density at radius 1 is 1.10 bits per heavy atom. The normalized spacial score (nSPS) is 19.6. The molecule has 0 aromatic heterocycles. The maximum Gasteiger partial charge on any atom is 0.226 e. The lowest BCUT2D eigenvalue weighted by Crippen LogP contribution is -2.43. The van der Waals surface area contributed by atoms with Crippen molar-refractivity contribution < 1.29 is 4.79 Å². The fourth-order valence-corrected chi connectivity index (χ4v) is 2.76. The van der Waals surface area contributed by atoms with Crippen molar-refractivity contribution in [2.45, 2.75) is 44.1 Å². The number of carbonyl (C=O) groups is 1. The first-order valence-corrected chi connectivity index (χ1v) is 7.34. The summed E-state index contributed by atoms with van der Waals surface area (Å²) in [7, 11) is 0. The molecule has 110 valence electrons. The van der Waals surface area contributed by atoms with Gasteiger partial charge in [-0.3, -0.25) is 4.79 Å². The van der Waals surface area contributed by atoms with Crippen molar-refractivity contribution in [3.8, 4) is 0 Å². The zero-order chi connectivity index (χ0) is 13.2. The molecule has 1 aliphatic carbocycles. The minimum atomic E-state index is 0. The van der Waals surface area contributed by atoms with Gasteiger partial charge in [0.1, 0.15) is 0 Å². The lowest BCUT2D eigenvalue weighted by molar-refractivity contribution is -0.131. The summed E-state index contributed by atoms with van der Waals surface area (Å²) in [6, 6.07) is 8.88. The third-order valence-electron chi connectivity index (χ3n) is 4.28. The Morgan fingerprint density at radius 3 is 2.25 bits per heavy atom. The first-order valence-electron chi connectivity index (χ1n) is 7.34. The molecule has 1 saturated carbocycles. The maximum absolute atomic E-state index is 12.2. The van der Waals surface area contributed by atoms with Crippen LogP contribution in [-0.4, -0.2) is 29.9 Å². The predicted molar refractivity (Wildman–Crippen MR) is 83.2 cm³/mol. The molecule has 3 rings (SSSR count). The molecule has 2 N–H and O–H groups in total. The molecule has 0 atom stereocenters. The molecule has 0 unspecified atom stereocenters. The summed E-state index contributed by atoms with van der Waals surface area (Å²) in [4.78, 5) is 14.1. The monoisotopic (exact) mass is 294 g/mol. The standard InChI is InChI=1S/C16H22N2O.ClH/c17-15-7-9-18(10-8-15)16(19)11-12-1-3-13(4-2-12)14-5-6-14;/h1-4,14-15H,5-11,17H2;1H. The Morgan fingerprint density at radius 2 is 1.70 bits per heavy atom. The summed E-state index contributed by atoms with van der Waals surface area (Å²) in [6.45, 7) is 1.64. The molecule has 1 saturated heterocycles. The number of benzene rings is 1. The summed E-state index contributed by atoms with van der Waals surface area (Å²) in [5, 5.41) is 0. The van der Waals surface area contributed by atoms with E-state index in [4.69, 9.17) is 5.73 Å². The van der Waals surface area contributed by atoms with Crippen LogP contribution in [0.25, 0.3) is 0 Å². The van der Waals surface area contributed by atoms with E-state index in [1.165, 1.54) is 18.4 Å². The van der Waals surface area contributed by atoms with Crippen LogP contribution in [0.2, 0.25) is 0 Å². The summed E-state index contributed by atoms with van der Waals surface area (Å²) < 4.78 is 0. The van der Waals surface area contributed by atoms with Crippen LogP contribution in [0.1, 0.15) is 42.7 Å². The topological polar surface area (TPSA) is 46.3 Å². The average Bonchev–Trinajstić information content (AvgIpc) is 3.25. The van der Waals surface area contributed by atoms with Crippen molar-refractivity contribution in [1.82, 2.24) is 4.90 Å². The molecule has 2 fully saturated rings. The number of likely N-dealkylation sites (tertiary alicyclic amines) is 1. The van der Waals surface area contributed by atoms with E-state index in [9.17, 15) is 4.79 Å². The molecule has 4 heteroatoms. The van der Waals surface area contributed by atoms with Crippen LogP contribution in [0, 0.1) is 0 Å². The van der Waals surface area contributed by atoms with Gasteiger partial charge in [-0.2, -0.15) is 0 Å². The zero-order valence-electron chi connectivity index (χ0n) is 11.8. The van der Waals surface area contributed by atoms with Gasteiger partial charge in [0.25, 0.3) is 0 Å². The molecule has 1 aromatic rings. The van der Waals surface area contributed by atoms with E-state index in [-0.39, 0.29) is 24.4 Å². The number of amides is 1. The van der Waals surface area contributed by atoms with Gasteiger partial charge in [-0.05, 0) is 42.7 Å². The Bertz CT molecular complexity index is 448. The number of halogens is 1. The summed E-state index contributed by atoms with van der Waals surface area (Å²) in [5.74, 6) is 1.03. The molecule has 20 heavy (non-hydrogen) atoms. The van der Waals surface area contributed by atoms with Crippen LogP contribution in [0.3, 0.4) is 0 Å². The molecule has 3 nitrogen and oxygen atoms in total. The zero-order valence-corrected chi connectivity index (χ0v) is 12.6. The van der Waals surface area contributed by atoms with Gasteiger partial charge in [-0.15, -0.1) is 12.4 Å². The van der Waals surface area contributed by atoms with Crippen LogP contribution >= 0.6 is 12.4 Å². The lowest BCUT2D eigenvalue weighted by Gasteiger charge is -2.30. The van der Waals surface area contributed by atoms with E-state index in [1.54, 1.807) is 0 Å². The summed E-state index contributed by atoms with van der Waals surface area (Å²) >= 11 is 0. The average molecular weight is 295 g/mol. The lowest BCUT2D eigenvalue weighted by atomic mass is 10.0. The Kier molecular flexibility index (Phi) is 5.06. The van der Waals surface area contributed by atoms with Crippen molar-refractivity contribution >= 4 is 18.3 Å². The second kappa shape index (κ2) is 6.59. The number of piperidine rings is 1. The van der Waals surface area contributed by atoms with Crippen LogP contribution in [0.4, 0.5) is 0 Å². The Hall–Kier alpha value is -1.06. The highest BCUT2D eigenvalue weighted by molar-refractivity contribution is 5.85. The summed E-state index contributed by atoms with van der Waals surface area (Å²) in [5.41, 5.74) is 8.42.